The molecule has 5 heterocycles. The Bertz CT molecular complexity index is 1320. The number of amides is 1. The van der Waals surface area contributed by atoms with Gasteiger partial charge < -0.3 is 19.9 Å². The highest BCUT2D eigenvalue weighted by Crippen LogP contribution is 2.33. The van der Waals surface area contributed by atoms with E-state index >= 15 is 0 Å². The van der Waals surface area contributed by atoms with E-state index in [4.69, 9.17) is 9.72 Å². The maximum Gasteiger partial charge on any atom is 0.328 e. The van der Waals surface area contributed by atoms with Gasteiger partial charge in [0.2, 0.25) is 0 Å². The molecular weight excluding hydrogens is 384 g/mol. The van der Waals surface area contributed by atoms with Crippen LogP contribution in [0.1, 0.15) is 18.5 Å². The summed E-state index contributed by atoms with van der Waals surface area (Å²) in [5, 5.41) is 15.9. The first-order valence-corrected chi connectivity index (χ1v) is 9.92. The summed E-state index contributed by atoms with van der Waals surface area (Å²) in [5.74, 6) is 0. The highest BCUT2D eigenvalue weighted by atomic mass is 16.5. The molecule has 10 heteroatoms. The van der Waals surface area contributed by atoms with Crippen LogP contribution in [0.4, 0.5) is 10.5 Å². The van der Waals surface area contributed by atoms with Crippen molar-refractivity contribution in [1.29, 1.82) is 0 Å². The number of hydrogen-bond donors (Lipinski definition) is 2. The second-order valence-corrected chi connectivity index (χ2v) is 7.80. The predicted octanol–water partition coefficient (Wildman–Crippen LogP) is 2.04. The van der Waals surface area contributed by atoms with Crippen LogP contribution in [0.25, 0.3) is 33.5 Å². The first kappa shape index (κ1) is 17.3. The monoisotopic (exact) mass is 404 g/mol. The number of ether oxygens (including phenoxy) is 1. The Morgan fingerprint density at radius 1 is 1.23 bits per heavy atom. The highest BCUT2D eigenvalue weighted by molar-refractivity contribution is 5.98. The molecule has 30 heavy (non-hydrogen) atoms. The van der Waals surface area contributed by atoms with E-state index in [2.05, 4.69) is 25.8 Å². The van der Waals surface area contributed by atoms with Gasteiger partial charge in [0.25, 0.3) is 0 Å². The Hall–Kier alpha value is -3.53. The van der Waals surface area contributed by atoms with E-state index in [0.717, 1.165) is 46.5 Å². The number of carbonyl (C=O) groups is 1. The average Bonchev–Trinajstić information content (AvgIpc) is 3.31. The third kappa shape index (κ3) is 2.43. The second-order valence-electron chi connectivity index (χ2n) is 7.80. The van der Waals surface area contributed by atoms with Crippen LogP contribution in [0.3, 0.4) is 0 Å². The number of anilines is 1. The average molecular weight is 404 g/mol. The van der Waals surface area contributed by atoms with E-state index in [1.807, 2.05) is 37.0 Å². The molecule has 0 radical (unpaired) electrons. The van der Waals surface area contributed by atoms with E-state index in [0.29, 0.717) is 17.8 Å². The molecule has 1 saturated carbocycles. The van der Waals surface area contributed by atoms with Gasteiger partial charge >= 0.3 is 6.03 Å². The number of aryl methyl sites for hydroxylation is 1. The topological polar surface area (TPSA) is 112 Å². The number of aromatic nitrogens is 6. The van der Waals surface area contributed by atoms with Gasteiger partial charge in [0.15, 0.2) is 11.3 Å². The second kappa shape index (κ2) is 6.23. The zero-order valence-corrected chi connectivity index (χ0v) is 16.6. The van der Waals surface area contributed by atoms with Crippen molar-refractivity contribution in [2.45, 2.75) is 31.6 Å². The molecule has 6 rings (SSSR count). The summed E-state index contributed by atoms with van der Waals surface area (Å²) >= 11 is 0. The van der Waals surface area contributed by atoms with E-state index in [1.54, 1.807) is 0 Å². The Labute approximate surface area is 171 Å². The Morgan fingerprint density at radius 2 is 2.13 bits per heavy atom. The first-order chi connectivity index (χ1) is 14.6. The van der Waals surface area contributed by atoms with Gasteiger partial charge in [-0.25, -0.2) is 19.3 Å². The van der Waals surface area contributed by atoms with Crippen molar-refractivity contribution in [2.24, 2.45) is 7.05 Å². The summed E-state index contributed by atoms with van der Waals surface area (Å²) in [4.78, 5) is 22.2. The third-order valence-corrected chi connectivity index (χ3v) is 6.01. The zero-order chi connectivity index (χ0) is 20.4. The fourth-order valence-electron chi connectivity index (χ4n) is 4.21. The van der Waals surface area contributed by atoms with Crippen molar-refractivity contribution in [3.05, 3.63) is 30.4 Å². The van der Waals surface area contributed by atoms with Gasteiger partial charge in [0.1, 0.15) is 11.8 Å². The van der Waals surface area contributed by atoms with Crippen molar-refractivity contribution < 1.29 is 9.53 Å². The van der Waals surface area contributed by atoms with E-state index in [1.165, 1.54) is 10.9 Å². The summed E-state index contributed by atoms with van der Waals surface area (Å²) in [7, 11) is 3.76. The molecular formula is C20H20N8O2. The molecule has 4 bridgehead atoms. The van der Waals surface area contributed by atoms with Crippen molar-refractivity contribution in [2.75, 3.05) is 12.4 Å². The molecule has 2 aliphatic rings. The minimum atomic E-state index is -0.254. The molecule has 0 aromatic carbocycles. The zero-order valence-electron chi connectivity index (χ0n) is 16.6. The Morgan fingerprint density at radius 3 is 2.93 bits per heavy atom. The van der Waals surface area contributed by atoms with Crippen LogP contribution in [-0.4, -0.2) is 54.5 Å². The van der Waals surface area contributed by atoms with Crippen molar-refractivity contribution in [3.63, 3.8) is 0 Å². The van der Waals surface area contributed by atoms with Gasteiger partial charge in [0.05, 0.1) is 35.8 Å². The SMILES string of the molecule is CNc1cc2nc3c1ncn3C(=O)N[C@@H]1CC[C@H]1OCc1cc3c-2cn(C)c3nn1. The van der Waals surface area contributed by atoms with E-state index < -0.39 is 0 Å². The van der Waals surface area contributed by atoms with Gasteiger partial charge in [-0.3, -0.25) is 0 Å². The van der Waals surface area contributed by atoms with Gasteiger partial charge in [0, 0.05) is 31.2 Å². The molecule has 1 aliphatic heterocycles. The van der Waals surface area contributed by atoms with Crippen molar-refractivity contribution in [1.82, 2.24) is 34.6 Å². The lowest BCUT2D eigenvalue weighted by Gasteiger charge is -2.36. The molecule has 2 N–H and O–H groups in total. The predicted molar refractivity (Wildman–Crippen MR) is 110 cm³/mol. The summed E-state index contributed by atoms with van der Waals surface area (Å²) < 4.78 is 9.43. The quantitative estimate of drug-likeness (QED) is 0.499. The summed E-state index contributed by atoms with van der Waals surface area (Å²) in [6.07, 6.45) is 5.22. The summed E-state index contributed by atoms with van der Waals surface area (Å²) in [6.45, 7) is 0.346. The molecule has 1 fully saturated rings. The smallest absolute Gasteiger partial charge is 0.328 e. The molecule has 4 aromatic rings. The molecule has 152 valence electrons. The number of nitrogens with zero attached hydrogens (tertiary/aromatic N) is 6. The lowest BCUT2D eigenvalue weighted by molar-refractivity contribution is -0.0337. The molecule has 10 nitrogen and oxygen atoms in total. The van der Waals surface area contributed by atoms with Gasteiger partial charge in [-0.1, -0.05) is 0 Å². The minimum absolute atomic E-state index is 0.0455. The van der Waals surface area contributed by atoms with Crippen LogP contribution in [0.15, 0.2) is 24.7 Å². The standard InChI is InChI=1S/C20H20N8O2/c1-21-15-6-14-12-7-27(2)18-11(12)5-10(25-26-18)8-30-16-4-3-13(16)24-20(29)28-9-22-17(15)19(28)23-14/h5-7,9,13,16H,3-4,8H2,1-2H3,(H,21,23)(H,24,29)/t13-,16-/m1/s1. The molecule has 1 aliphatic carbocycles. The van der Waals surface area contributed by atoms with E-state index in [-0.39, 0.29) is 18.2 Å². The van der Waals surface area contributed by atoms with Gasteiger partial charge in [-0.15, -0.1) is 5.10 Å². The van der Waals surface area contributed by atoms with Gasteiger partial charge in [-0.2, -0.15) is 5.10 Å². The fourth-order valence-corrected chi connectivity index (χ4v) is 4.21. The van der Waals surface area contributed by atoms with Crippen LogP contribution in [0, 0.1) is 0 Å². The van der Waals surface area contributed by atoms with Crippen LogP contribution in [0.5, 0.6) is 0 Å². The van der Waals surface area contributed by atoms with Crippen LogP contribution in [0.2, 0.25) is 0 Å². The van der Waals surface area contributed by atoms with Gasteiger partial charge in [-0.05, 0) is 25.0 Å². The number of nitrogens with one attached hydrogen (secondary N) is 2. The lowest BCUT2D eigenvalue weighted by atomic mass is 9.89. The van der Waals surface area contributed by atoms with Crippen LogP contribution in [-0.2, 0) is 18.4 Å². The molecule has 2 atom stereocenters. The maximum atomic E-state index is 13.0. The lowest BCUT2D eigenvalue weighted by Crippen LogP contribution is -2.52. The highest BCUT2D eigenvalue weighted by Gasteiger charge is 2.34. The first-order valence-electron chi connectivity index (χ1n) is 9.92. The van der Waals surface area contributed by atoms with Crippen molar-refractivity contribution >= 4 is 33.9 Å². The van der Waals surface area contributed by atoms with Crippen LogP contribution < -0.4 is 10.6 Å². The van der Waals surface area contributed by atoms with Crippen LogP contribution >= 0.6 is 0 Å². The molecule has 0 saturated heterocycles. The number of hydrogen-bond acceptors (Lipinski definition) is 7. The molecule has 4 aromatic heterocycles. The summed E-state index contributed by atoms with van der Waals surface area (Å²) in [5.41, 5.74) is 5.11. The number of fused-ring (bicyclic) bond motifs is 4. The Kier molecular flexibility index (Phi) is 3.60. The maximum absolute atomic E-state index is 13.0. The molecule has 0 unspecified atom stereocenters. The largest absolute Gasteiger partial charge is 0.386 e. The van der Waals surface area contributed by atoms with Crippen molar-refractivity contribution in [3.8, 4) is 11.3 Å². The normalized spacial score (nSPS) is 20.8. The summed E-state index contributed by atoms with van der Waals surface area (Å²) in [6, 6.07) is 3.65. The number of carbonyl (C=O) groups excluding carboxylic acids is 1. The third-order valence-electron chi connectivity index (χ3n) is 6.01. The number of imidazole rings is 1. The Balaban J connectivity index is 1.64. The molecule has 1 amide bonds. The number of pyridine rings is 1. The van der Waals surface area contributed by atoms with E-state index in [9.17, 15) is 4.79 Å². The minimum Gasteiger partial charge on any atom is -0.386 e. The molecule has 0 spiro atoms. The fraction of sp³-hybridized carbons (Fsp3) is 0.350. The number of rotatable bonds is 1.